The summed E-state index contributed by atoms with van der Waals surface area (Å²) in [5, 5.41) is 7.29. The monoisotopic (exact) mass is 407 g/mol. The van der Waals surface area contributed by atoms with Gasteiger partial charge in [0, 0.05) is 43.2 Å². The molecule has 0 aromatic carbocycles. The van der Waals surface area contributed by atoms with Gasteiger partial charge in [-0.15, -0.1) is 0 Å². The Morgan fingerprint density at radius 3 is 2.83 bits per heavy atom. The minimum Gasteiger partial charge on any atom is -0.367 e. The van der Waals surface area contributed by atoms with Gasteiger partial charge in [-0.3, -0.25) is 9.78 Å². The Balaban J connectivity index is 1.54. The number of piperidine rings is 1. The maximum absolute atomic E-state index is 13.7. The number of aryl methyl sites for hydroxylation is 2. The normalized spacial score (nSPS) is 24.7. The zero-order valence-electron chi connectivity index (χ0n) is 16.4. The summed E-state index contributed by atoms with van der Waals surface area (Å²) in [5.41, 5.74) is 1.95. The lowest BCUT2D eigenvalue weighted by atomic mass is 9.85. The average Bonchev–Trinajstić information content (AvgIpc) is 3.06. The number of nitrogens with one attached hydrogen (secondary N) is 1. The summed E-state index contributed by atoms with van der Waals surface area (Å²) in [5.74, 6) is 0.261. The second kappa shape index (κ2) is 7.35. The quantitative estimate of drug-likeness (QED) is 0.824. The Morgan fingerprint density at radius 1 is 1.31 bits per heavy atom. The fraction of sp³-hybridized carbons (Fsp3) is 0.550. The molecule has 0 unspecified atom stereocenters. The van der Waals surface area contributed by atoms with Crippen molar-refractivity contribution < 1.29 is 18.0 Å². The van der Waals surface area contributed by atoms with Crippen LogP contribution in [0.4, 0.5) is 19.0 Å². The summed E-state index contributed by atoms with van der Waals surface area (Å²) >= 11 is 0. The maximum atomic E-state index is 13.7. The SMILES string of the molecule is Cc1cc2n(n1)[C@@H](C(F)(F)F)C[C@@H]([C@@H]1CCCN(C(=O)c3ccncc3C)C1)N2. The molecular formula is C20H24F3N5O. The summed E-state index contributed by atoms with van der Waals surface area (Å²) in [4.78, 5) is 18.7. The third-order valence-corrected chi connectivity index (χ3v) is 5.91. The molecule has 2 aromatic rings. The molecule has 0 saturated carbocycles. The molecular weight excluding hydrogens is 383 g/mol. The topological polar surface area (TPSA) is 63.1 Å². The van der Waals surface area contributed by atoms with E-state index in [-0.39, 0.29) is 24.3 Å². The minimum atomic E-state index is -4.37. The van der Waals surface area contributed by atoms with Crippen molar-refractivity contribution in [1.82, 2.24) is 19.7 Å². The largest absolute Gasteiger partial charge is 0.410 e. The number of rotatable bonds is 2. The third-order valence-electron chi connectivity index (χ3n) is 5.91. The predicted molar refractivity (Wildman–Crippen MR) is 102 cm³/mol. The molecule has 1 amide bonds. The first kappa shape index (κ1) is 19.7. The number of nitrogens with zero attached hydrogens (tertiary/aromatic N) is 4. The van der Waals surface area contributed by atoms with Crippen molar-refractivity contribution in [1.29, 1.82) is 0 Å². The van der Waals surface area contributed by atoms with Crippen molar-refractivity contribution >= 4 is 11.7 Å². The van der Waals surface area contributed by atoms with Crippen LogP contribution in [0.15, 0.2) is 24.5 Å². The second-order valence-electron chi connectivity index (χ2n) is 8.00. The van der Waals surface area contributed by atoms with Gasteiger partial charge in [-0.25, -0.2) is 4.68 Å². The standard InChI is InChI=1S/C20H24F3N5O/c1-12-10-24-6-5-15(12)19(29)27-7-3-4-14(11-27)16-9-17(20(21,22)23)28-18(25-16)8-13(2)26-28/h5-6,8,10,14,16-17,25H,3-4,7,9,11H2,1-2H3/t14-,16+,17-/m1/s1. The van der Waals surface area contributed by atoms with Gasteiger partial charge < -0.3 is 10.2 Å². The molecule has 0 aliphatic carbocycles. The Hall–Kier alpha value is -2.58. The first-order chi connectivity index (χ1) is 13.7. The molecule has 1 fully saturated rings. The molecule has 9 heteroatoms. The van der Waals surface area contributed by atoms with E-state index in [4.69, 9.17) is 0 Å². The van der Waals surface area contributed by atoms with Crippen molar-refractivity contribution in [2.75, 3.05) is 18.4 Å². The van der Waals surface area contributed by atoms with Crippen LogP contribution in [0.5, 0.6) is 0 Å². The molecule has 2 aromatic heterocycles. The van der Waals surface area contributed by atoms with E-state index < -0.39 is 12.2 Å². The first-order valence-electron chi connectivity index (χ1n) is 9.83. The molecule has 0 radical (unpaired) electrons. The summed E-state index contributed by atoms with van der Waals surface area (Å²) in [6.07, 6.45) is 0.336. The average molecular weight is 407 g/mol. The number of alkyl halides is 3. The molecule has 29 heavy (non-hydrogen) atoms. The zero-order chi connectivity index (χ0) is 20.8. The number of aromatic nitrogens is 3. The number of carbonyl (C=O) groups is 1. The van der Waals surface area contributed by atoms with Gasteiger partial charge in [-0.1, -0.05) is 0 Å². The van der Waals surface area contributed by atoms with Gasteiger partial charge >= 0.3 is 6.18 Å². The lowest BCUT2D eigenvalue weighted by Crippen LogP contribution is -2.49. The number of amides is 1. The van der Waals surface area contributed by atoms with Gasteiger partial charge in [0.05, 0.1) is 5.69 Å². The van der Waals surface area contributed by atoms with Gasteiger partial charge in [-0.2, -0.15) is 18.3 Å². The van der Waals surface area contributed by atoms with Crippen LogP contribution in [0.3, 0.4) is 0 Å². The van der Waals surface area contributed by atoms with Gasteiger partial charge in [0.2, 0.25) is 0 Å². The molecule has 6 nitrogen and oxygen atoms in total. The van der Waals surface area contributed by atoms with Gasteiger partial charge in [0.1, 0.15) is 5.82 Å². The van der Waals surface area contributed by atoms with Crippen LogP contribution in [0.1, 0.15) is 46.9 Å². The van der Waals surface area contributed by atoms with Crippen LogP contribution < -0.4 is 5.32 Å². The van der Waals surface area contributed by atoms with Gasteiger partial charge in [0.25, 0.3) is 5.91 Å². The molecule has 3 atom stereocenters. The lowest BCUT2D eigenvalue weighted by Gasteiger charge is -2.41. The molecule has 4 rings (SSSR count). The number of anilines is 1. The van der Waals surface area contributed by atoms with Crippen molar-refractivity contribution in [2.24, 2.45) is 5.92 Å². The van der Waals surface area contributed by atoms with Crippen LogP contribution in [-0.4, -0.2) is 50.9 Å². The smallest absolute Gasteiger partial charge is 0.367 e. The van der Waals surface area contributed by atoms with Crippen molar-refractivity contribution in [3.05, 3.63) is 41.3 Å². The Kier molecular flexibility index (Phi) is 5.00. The number of halogens is 3. The van der Waals surface area contributed by atoms with E-state index in [0.717, 1.165) is 23.1 Å². The Morgan fingerprint density at radius 2 is 2.10 bits per heavy atom. The summed E-state index contributed by atoms with van der Waals surface area (Å²) in [6, 6.07) is 1.34. The van der Waals surface area contributed by atoms with Gasteiger partial charge in [-0.05, 0) is 50.7 Å². The number of fused-ring (bicyclic) bond motifs is 1. The maximum Gasteiger partial charge on any atom is 0.410 e. The molecule has 1 saturated heterocycles. The lowest BCUT2D eigenvalue weighted by molar-refractivity contribution is -0.174. The van der Waals surface area contributed by atoms with E-state index in [1.807, 2.05) is 6.92 Å². The highest BCUT2D eigenvalue weighted by molar-refractivity contribution is 5.95. The third kappa shape index (κ3) is 3.82. The fourth-order valence-electron chi connectivity index (χ4n) is 4.44. The van der Waals surface area contributed by atoms with Gasteiger partial charge in [0.15, 0.2) is 6.04 Å². The molecule has 4 heterocycles. The highest BCUT2D eigenvalue weighted by Gasteiger charge is 2.48. The molecule has 0 spiro atoms. The molecule has 2 aliphatic rings. The van der Waals surface area contributed by atoms with Crippen LogP contribution in [-0.2, 0) is 0 Å². The number of pyridine rings is 1. The highest BCUT2D eigenvalue weighted by atomic mass is 19.4. The van der Waals surface area contributed by atoms with Crippen LogP contribution >= 0.6 is 0 Å². The Bertz CT molecular complexity index is 910. The molecule has 0 bridgehead atoms. The predicted octanol–water partition coefficient (Wildman–Crippen LogP) is 3.73. The van der Waals surface area contributed by atoms with E-state index in [2.05, 4.69) is 15.4 Å². The highest BCUT2D eigenvalue weighted by Crippen LogP contribution is 2.42. The van der Waals surface area contributed by atoms with E-state index >= 15 is 0 Å². The number of hydrogen-bond acceptors (Lipinski definition) is 4. The number of hydrogen-bond donors (Lipinski definition) is 1. The zero-order valence-corrected chi connectivity index (χ0v) is 16.4. The molecule has 2 aliphatic heterocycles. The summed E-state index contributed by atoms with van der Waals surface area (Å²) in [6.45, 7) is 4.58. The van der Waals surface area contributed by atoms with Crippen LogP contribution in [0.25, 0.3) is 0 Å². The van der Waals surface area contributed by atoms with Crippen LogP contribution in [0.2, 0.25) is 0 Å². The Labute approximate surface area is 167 Å². The van der Waals surface area contributed by atoms with E-state index in [9.17, 15) is 18.0 Å². The summed E-state index contributed by atoms with van der Waals surface area (Å²) in [7, 11) is 0. The summed E-state index contributed by atoms with van der Waals surface area (Å²) < 4.78 is 42.1. The second-order valence-corrected chi connectivity index (χ2v) is 8.00. The van der Waals surface area contributed by atoms with E-state index in [1.54, 1.807) is 36.4 Å². The number of carbonyl (C=O) groups excluding carboxylic acids is 1. The molecule has 156 valence electrons. The van der Waals surface area contributed by atoms with Crippen LogP contribution in [0, 0.1) is 19.8 Å². The molecule has 1 N–H and O–H groups in total. The van der Waals surface area contributed by atoms with Crippen molar-refractivity contribution in [3.8, 4) is 0 Å². The van der Waals surface area contributed by atoms with E-state index in [0.29, 0.717) is 30.2 Å². The van der Waals surface area contributed by atoms with Crippen molar-refractivity contribution in [3.63, 3.8) is 0 Å². The number of likely N-dealkylation sites (tertiary alicyclic amines) is 1. The first-order valence-corrected chi connectivity index (χ1v) is 9.83. The van der Waals surface area contributed by atoms with Crippen molar-refractivity contribution in [2.45, 2.75) is 51.4 Å². The fourth-order valence-corrected chi connectivity index (χ4v) is 4.44. The van der Waals surface area contributed by atoms with E-state index in [1.165, 1.54) is 0 Å². The minimum absolute atomic E-state index is 0.0522.